The zero-order valence-corrected chi connectivity index (χ0v) is 16.7. The van der Waals surface area contributed by atoms with Crippen LogP contribution in [0.15, 0.2) is 54.7 Å². The molecule has 29 heavy (non-hydrogen) atoms. The van der Waals surface area contributed by atoms with Crippen LogP contribution in [-0.2, 0) is 17.8 Å². The maximum Gasteiger partial charge on any atom is 0.222 e. The van der Waals surface area contributed by atoms with Crippen molar-refractivity contribution < 1.29 is 9.69 Å². The molecule has 0 radical (unpaired) electrons. The second kappa shape index (κ2) is 8.93. The van der Waals surface area contributed by atoms with Crippen LogP contribution in [0, 0.1) is 11.3 Å². The predicted molar refractivity (Wildman–Crippen MR) is 113 cm³/mol. The number of nitrogens with zero attached hydrogens (tertiary/aromatic N) is 2. The van der Waals surface area contributed by atoms with Crippen LogP contribution in [0.4, 0.5) is 0 Å². The van der Waals surface area contributed by atoms with Gasteiger partial charge < -0.3 is 14.8 Å². The van der Waals surface area contributed by atoms with E-state index >= 15 is 0 Å². The Labute approximate surface area is 171 Å². The molecule has 1 amide bonds. The van der Waals surface area contributed by atoms with Crippen LogP contribution in [0.3, 0.4) is 0 Å². The number of fused-ring (bicyclic) bond motifs is 1. The maximum atomic E-state index is 12.6. The number of para-hydroxylation sites is 1. The maximum absolute atomic E-state index is 12.6. The van der Waals surface area contributed by atoms with Crippen LogP contribution in [0.1, 0.15) is 29.5 Å². The normalized spacial score (nSPS) is 14.8. The molecule has 2 aromatic carbocycles. The van der Waals surface area contributed by atoms with E-state index < -0.39 is 0 Å². The van der Waals surface area contributed by atoms with Gasteiger partial charge in [-0.05, 0) is 36.6 Å². The van der Waals surface area contributed by atoms with Gasteiger partial charge in [-0.15, -0.1) is 0 Å². The Kier molecular flexibility index (Phi) is 5.92. The highest BCUT2D eigenvalue weighted by atomic mass is 16.2. The number of hydrogen-bond donors (Lipinski definition) is 2. The van der Waals surface area contributed by atoms with Crippen LogP contribution in [0.25, 0.3) is 10.9 Å². The van der Waals surface area contributed by atoms with Crippen molar-refractivity contribution >= 4 is 16.8 Å². The lowest BCUT2D eigenvalue weighted by Crippen LogP contribution is -3.13. The summed E-state index contributed by atoms with van der Waals surface area (Å²) in [7, 11) is 0. The SMILES string of the molecule is N#Cc1ccc(C[NH+]2CCN(C(=O)CCCc3c[nH]c4ccccc34)CC2)cc1. The first-order chi connectivity index (χ1) is 14.2. The molecule has 5 nitrogen and oxygen atoms in total. The van der Waals surface area contributed by atoms with Gasteiger partial charge in [-0.1, -0.05) is 30.3 Å². The van der Waals surface area contributed by atoms with Crippen molar-refractivity contribution in [3.63, 3.8) is 0 Å². The molecule has 4 rings (SSSR count). The standard InChI is InChI=1S/C24H26N4O/c25-16-19-8-10-20(11-9-19)18-27-12-14-28(15-13-27)24(29)7-3-4-21-17-26-23-6-2-1-5-22(21)23/h1-2,5-6,8-11,17,26H,3-4,7,12-15,18H2/p+1. The molecule has 5 heteroatoms. The summed E-state index contributed by atoms with van der Waals surface area (Å²) in [6, 6.07) is 18.3. The van der Waals surface area contributed by atoms with Crippen molar-refractivity contribution in [1.82, 2.24) is 9.88 Å². The second-order valence-corrected chi connectivity index (χ2v) is 7.83. The van der Waals surface area contributed by atoms with E-state index in [1.165, 1.54) is 21.4 Å². The lowest BCUT2D eigenvalue weighted by Gasteiger charge is -2.32. The van der Waals surface area contributed by atoms with Crippen LogP contribution in [0.5, 0.6) is 0 Å². The van der Waals surface area contributed by atoms with Crippen molar-refractivity contribution in [1.29, 1.82) is 5.26 Å². The summed E-state index contributed by atoms with van der Waals surface area (Å²) in [6.07, 6.45) is 4.50. The number of H-pyrrole nitrogens is 1. The van der Waals surface area contributed by atoms with Crippen LogP contribution in [-0.4, -0.2) is 42.0 Å². The third kappa shape index (κ3) is 4.67. The van der Waals surface area contributed by atoms with Crippen LogP contribution >= 0.6 is 0 Å². The Balaban J connectivity index is 1.21. The number of piperazine rings is 1. The average molecular weight is 388 g/mol. The van der Waals surface area contributed by atoms with Gasteiger partial charge in [0.25, 0.3) is 0 Å². The van der Waals surface area contributed by atoms with Gasteiger partial charge in [0.05, 0.1) is 37.8 Å². The van der Waals surface area contributed by atoms with Gasteiger partial charge in [-0.3, -0.25) is 4.79 Å². The first-order valence-corrected chi connectivity index (χ1v) is 10.4. The molecule has 0 atom stereocenters. The number of aromatic amines is 1. The van der Waals surface area contributed by atoms with Gasteiger partial charge in [0.2, 0.25) is 5.91 Å². The zero-order chi connectivity index (χ0) is 20.1. The van der Waals surface area contributed by atoms with Crippen LogP contribution in [0.2, 0.25) is 0 Å². The van der Waals surface area contributed by atoms with E-state index in [4.69, 9.17) is 5.26 Å². The molecular weight excluding hydrogens is 360 g/mol. The molecule has 1 aliphatic heterocycles. The summed E-state index contributed by atoms with van der Waals surface area (Å²) in [5, 5.41) is 10.2. The lowest BCUT2D eigenvalue weighted by molar-refractivity contribution is -0.917. The molecule has 3 aromatic rings. The number of quaternary nitrogens is 1. The number of aryl methyl sites for hydroxylation is 1. The molecular formula is C24H27N4O+. The monoisotopic (exact) mass is 387 g/mol. The molecule has 1 saturated heterocycles. The summed E-state index contributed by atoms with van der Waals surface area (Å²) >= 11 is 0. The minimum atomic E-state index is 0.280. The minimum absolute atomic E-state index is 0.280. The quantitative estimate of drug-likeness (QED) is 0.682. The number of nitriles is 1. The van der Waals surface area contributed by atoms with Gasteiger partial charge in [0.1, 0.15) is 6.54 Å². The van der Waals surface area contributed by atoms with Crippen molar-refractivity contribution in [2.45, 2.75) is 25.8 Å². The Hall–Kier alpha value is -3.10. The molecule has 2 heterocycles. The smallest absolute Gasteiger partial charge is 0.222 e. The molecule has 0 unspecified atom stereocenters. The van der Waals surface area contributed by atoms with Gasteiger partial charge in [-0.2, -0.15) is 5.26 Å². The van der Waals surface area contributed by atoms with E-state index in [9.17, 15) is 4.79 Å². The number of hydrogen-bond acceptors (Lipinski definition) is 2. The number of amides is 1. The topological polar surface area (TPSA) is 64.3 Å². The highest BCUT2D eigenvalue weighted by molar-refractivity contribution is 5.83. The van der Waals surface area contributed by atoms with E-state index in [2.05, 4.69) is 35.4 Å². The van der Waals surface area contributed by atoms with Crippen molar-refractivity contribution in [2.24, 2.45) is 0 Å². The summed E-state index contributed by atoms with van der Waals surface area (Å²) in [4.78, 5) is 19.4. The van der Waals surface area contributed by atoms with Gasteiger partial charge >= 0.3 is 0 Å². The van der Waals surface area contributed by atoms with E-state index in [-0.39, 0.29) is 5.91 Å². The summed E-state index contributed by atoms with van der Waals surface area (Å²) in [5.41, 5.74) is 4.41. The molecule has 0 bridgehead atoms. The molecule has 148 valence electrons. The predicted octanol–water partition coefficient (Wildman–Crippen LogP) is 2.29. The number of carbonyl (C=O) groups is 1. The first kappa shape index (κ1) is 19.2. The van der Waals surface area contributed by atoms with Crippen molar-refractivity contribution in [2.75, 3.05) is 26.2 Å². The summed E-state index contributed by atoms with van der Waals surface area (Å²) < 4.78 is 0. The third-order valence-electron chi connectivity index (χ3n) is 5.87. The number of carbonyl (C=O) groups excluding carboxylic acids is 1. The number of rotatable bonds is 6. The second-order valence-electron chi connectivity index (χ2n) is 7.83. The highest BCUT2D eigenvalue weighted by Crippen LogP contribution is 2.19. The molecule has 1 aromatic heterocycles. The fourth-order valence-corrected chi connectivity index (χ4v) is 4.16. The number of aromatic nitrogens is 1. The highest BCUT2D eigenvalue weighted by Gasteiger charge is 2.23. The van der Waals surface area contributed by atoms with Gasteiger partial charge in [0, 0.05) is 29.1 Å². The summed E-state index contributed by atoms with van der Waals surface area (Å²) in [5.74, 6) is 0.280. The molecule has 1 aliphatic rings. The van der Waals surface area contributed by atoms with Gasteiger partial charge in [-0.25, -0.2) is 0 Å². The third-order valence-corrected chi connectivity index (χ3v) is 5.87. The molecule has 2 N–H and O–H groups in total. The number of benzene rings is 2. The van der Waals surface area contributed by atoms with Crippen molar-refractivity contribution in [3.8, 4) is 6.07 Å². The zero-order valence-electron chi connectivity index (χ0n) is 16.7. The Morgan fingerprint density at radius 1 is 1.10 bits per heavy atom. The largest absolute Gasteiger partial charge is 0.361 e. The van der Waals surface area contributed by atoms with Crippen LogP contribution < -0.4 is 4.90 Å². The van der Waals surface area contributed by atoms with E-state index in [1.54, 1.807) is 0 Å². The van der Waals surface area contributed by atoms with E-state index in [0.717, 1.165) is 51.1 Å². The Morgan fingerprint density at radius 2 is 1.86 bits per heavy atom. The molecule has 0 saturated carbocycles. The van der Waals surface area contributed by atoms with Gasteiger partial charge in [0.15, 0.2) is 0 Å². The molecule has 0 spiro atoms. The molecule has 1 fully saturated rings. The average Bonchev–Trinajstić information content (AvgIpc) is 3.18. The molecule has 0 aliphatic carbocycles. The first-order valence-electron chi connectivity index (χ1n) is 10.4. The fraction of sp³-hybridized carbons (Fsp3) is 0.333. The summed E-state index contributed by atoms with van der Waals surface area (Å²) in [6.45, 7) is 4.58. The van der Waals surface area contributed by atoms with Crippen molar-refractivity contribution in [3.05, 3.63) is 71.4 Å². The minimum Gasteiger partial charge on any atom is -0.361 e. The fourth-order valence-electron chi connectivity index (χ4n) is 4.16. The number of nitrogens with one attached hydrogen (secondary N) is 2. The van der Waals surface area contributed by atoms with E-state index in [1.807, 2.05) is 35.2 Å². The van der Waals surface area contributed by atoms with E-state index in [0.29, 0.717) is 12.0 Å². The lowest BCUT2D eigenvalue weighted by atomic mass is 10.1. The Bertz CT molecular complexity index is 1010. The Morgan fingerprint density at radius 3 is 2.62 bits per heavy atom.